The van der Waals surface area contributed by atoms with Gasteiger partial charge in [0.2, 0.25) is 11.8 Å². The van der Waals surface area contributed by atoms with Crippen LogP contribution in [0.15, 0.2) is 24.3 Å². The molecule has 154 valence electrons. The summed E-state index contributed by atoms with van der Waals surface area (Å²) in [6.07, 6.45) is -2.52. The molecule has 2 aliphatic heterocycles. The Bertz CT molecular complexity index is 707. The molecule has 2 fully saturated rings. The number of benzene rings is 1. The summed E-state index contributed by atoms with van der Waals surface area (Å²) in [5, 5.41) is 0. The lowest BCUT2D eigenvalue weighted by Gasteiger charge is -2.39. The molecule has 0 spiro atoms. The zero-order valence-corrected chi connectivity index (χ0v) is 16.0. The van der Waals surface area contributed by atoms with Crippen LogP contribution in [-0.4, -0.2) is 60.9 Å². The second kappa shape index (κ2) is 8.41. The quantitative estimate of drug-likeness (QED) is 0.788. The molecule has 0 aromatic heterocycles. The number of nitrogens with zero attached hydrogens (tertiary/aromatic N) is 3. The average Bonchev–Trinajstić information content (AvgIpc) is 2.72. The Morgan fingerprint density at radius 2 is 1.64 bits per heavy atom. The number of rotatable bonds is 3. The van der Waals surface area contributed by atoms with E-state index in [9.17, 15) is 22.8 Å². The molecule has 0 N–H and O–H groups in total. The maximum absolute atomic E-state index is 12.9. The molecule has 0 unspecified atom stereocenters. The van der Waals surface area contributed by atoms with E-state index < -0.39 is 11.7 Å². The van der Waals surface area contributed by atoms with E-state index in [1.807, 2.05) is 21.6 Å². The molecule has 0 radical (unpaired) electrons. The third kappa shape index (κ3) is 4.59. The predicted molar refractivity (Wildman–Crippen MR) is 99.8 cm³/mol. The molecule has 5 nitrogen and oxygen atoms in total. The summed E-state index contributed by atoms with van der Waals surface area (Å²) in [4.78, 5) is 30.1. The highest BCUT2D eigenvalue weighted by Gasteiger charge is 2.33. The van der Waals surface area contributed by atoms with E-state index in [0.717, 1.165) is 12.1 Å². The Morgan fingerprint density at radius 1 is 1.00 bits per heavy atom. The summed E-state index contributed by atoms with van der Waals surface area (Å²) in [5.74, 6) is 0.161. The molecule has 0 saturated carbocycles. The number of piperidine rings is 1. The number of hydrogen-bond acceptors (Lipinski definition) is 3. The van der Waals surface area contributed by atoms with Crippen LogP contribution < -0.4 is 4.90 Å². The first kappa shape index (κ1) is 20.5. The second-order valence-corrected chi connectivity index (χ2v) is 7.37. The predicted octanol–water partition coefficient (Wildman–Crippen LogP) is 3.00. The normalized spacial score (nSPS) is 19.1. The summed E-state index contributed by atoms with van der Waals surface area (Å²) in [6, 6.07) is 5.32. The molecule has 2 saturated heterocycles. The van der Waals surface area contributed by atoms with E-state index in [0.29, 0.717) is 64.2 Å². The van der Waals surface area contributed by atoms with E-state index in [4.69, 9.17) is 0 Å². The second-order valence-electron chi connectivity index (χ2n) is 7.37. The molecule has 2 heterocycles. The Hall–Kier alpha value is -2.25. The van der Waals surface area contributed by atoms with Gasteiger partial charge in [0.05, 0.1) is 5.56 Å². The summed E-state index contributed by atoms with van der Waals surface area (Å²) in [5.41, 5.74) is -0.120. The molecule has 2 aliphatic rings. The van der Waals surface area contributed by atoms with Crippen molar-refractivity contribution in [1.82, 2.24) is 9.80 Å². The van der Waals surface area contributed by atoms with Gasteiger partial charge in [0.15, 0.2) is 0 Å². The smallest absolute Gasteiger partial charge is 0.368 e. The van der Waals surface area contributed by atoms with Crippen molar-refractivity contribution in [3.63, 3.8) is 0 Å². The first-order valence-corrected chi connectivity index (χ1v) is 9.78. The molecule has 1 aromatic carbocycles. The van der Waals surface area contributed by atoms with Crippen LogP contribution in [0.4, 0.5) is 18.9 Å². The fourth-order valence-electron chi connectivity index (χ4n) is 3.92. The van der Waals surface area contributed by atoms with Gasteiger partial charge in [0.25, 0.3) is 0 Å². The third-order valence-electron chi connectivity index (χ3n) is 5.63. The zero-order valence-electron chi connectivity index (χ0n) is 16.0. The SMILES string of the molecule is CCC(=O)N1CCC(C(=O)N2CCN(c3cccc(C(F)(F)F)c3)CC2)CC1. The number of anilines is 1. The number of amides is 2. The highest BCUT2D eigenvalue weighted by molar-refractivity contribution is 5.80. The van der Waals surface area contributed by atoms with Gasteiger partial charge in [0.1, 0.15) is 0 Å². The van der Waals surface area contributed by atoms with Crippen molar-refractivity contribution in [2.45, 2.75) is 32.4 Å². The van der Waals surface area contributed by atoms with Crippen LogP contribution in [0.3, 0.4) is 0 Å². The van der Waals surface area contributed by atoms with E-state index in [-0.39, 0.29) is 17.7 Å². The Kier molecular flexibility index (Phi) is 6.15. The van der Waals surface area contributed by atoms with E-state index in [2.05, 4.69) is 0 Å². The summed E-state index contributed by atoms with van der Waals surface area (Å²) in [7, 11) is 0. The van der Waals surface area contributed by atoms with E-state index >= 15 is 0 Å². The summed E-state index contributed by atoms with van der Waals surface area (Å²) >= 11 is 0. The monoisotopic (exact) mass is 397 g/mol. The highest BCUT2D eigenvalue weighted by atomic mass is 19.4. The number of alkyl halides is 3. The average molecular weight is 397 g/mol. The topological polar surface area (TPSA) is 43.9 Å². The molecule has 3 rings (SSSR count). The molecule has 0 bridgehead atoms. The molecular weight excluding hydrogens is 371 g/mol. The largest absolute Gasteiger partial charge is 0.416 e. The Balaban J connectivity index is 1.53. The van der Waals surface area contributed by atoms with Crippen molar-refractivity contribution in [2.24, 2.45) is 5.92 Å². The van der Waals surface area contributed by atoms with Crippen LogP contribution >= 0.6 is 0 Å². The van der Waals surface area contributed by atoms with Gasteiger partial charge in [-0.15, -0.1) is 0 Å². The standard InChI is InChI=1S/C20H26F3N3O2/c1-2-18(27)25-8-6-15(7-9-25)19(28)26-12-10-24(11-13-26)17-5-3-4-16(14-17)20(21,22)23/h3-5,14-15H,2,6-13H2,1H3. The molecule has 8 heteroatoms. The lowest BCUT2D eigenvalue weighted by atomic mass is 9.94. The maximum Gasteiger partial charge on any atom is 0.416 e. The molecule has 2 amide bonds. The summed E-state index contributed by atoms with van der Waals surface area (Å²) in [6.45, 7) is 5.11. The number of hydrogen-bond donors (Lipinski definition) is 0. The third-order valence-corrected chi connectivity index (χ3v) is 5.63. The van der Waals surface area contributed by atoms with Gasteiger partial charge in [-0.25, -0.2) is 0 Å². The lowest BCUT2D eigenvalue weighted by molar-refractivity contribution is -0.140. The Morgan fingerprint density at radius 3 is 2.21 bits per heavy atom. The van der Waals surface area contributed by atoms with E-state index in [1.54, 1.807) is 6.07 Å². The van der Waals surface area contributed by atoms with Gasteiger partial charge in [-0.3, -0.25) is 9.59 Å². The molecule has 1 aromatic rings. The van der Waals surface area contributed by atoms with Crippen molar-refractivity contribution in [3.05, 3.63) is 29.8 Å². The van der Waals surface area contributed by atoms with Gasteiger partial charge in [-0.1, -0.05) is 13.0 Å². The molecule has 0 atom stereocenters. The van der Waals surface area contributed by atoms with Crippen LogP contribution in [0.1, 0.15) is 31.7 Å². The number of carbonyl (C=O) groups excluding carboxylic acids is 2. The number of likely N-dealkylation sites (tertiary alicyclic amines) is 1. The van der Waals surface area contributed by atoms with Crippen molar-refractivity contribution >= 4 is 17.5 Å². The minimum absolute atomic E-state index is 0.0685. The highest BCUT2D eigenvalue weighted by Crippen LogP contribution is 2.32. The Labute approximate surface area is 163 Å². The van der Waals surface area contributed by atoms with Crippen molar-refractivity contribution < 1.29 is 22.8 Å². The zero-order chi connectivity index (χ0) is 20.3. The first-order chi connectivity index (χ1) is 13.3. The van der Waals surface area contributed by atoms with Crippen LogP contribution in [-0.2, 0) is 15.8 Å². The number of halogens is 3. The molecule has 28 heavy (non-hydrogen) atoms. The van der Waals surface area contributed by atoms with Gasteiger partial charge in [-0.2, -0.15) is 13.2 Å². The number of carbonyl (C=O) groups is 2. The molecular formula is C20H26F3N3O2. The van der Waals surface area contributed by atoms with Gasteiger partial charge in [-0.05, 0) is 31.0 Å². The van der Waals surface area contributed by atoms with Crippen molar-refractivity contribution in [2.75, 3.05) is 44.2 Å². The van der Waals surface area contributed by atoms with Gasteiger partial charge >= 0.3 is 6.18 Å². The fourth-order valence-corrected chi connectivity index (χ4v) is 3.92. The van der Waals surface area contributed by atoms with Gasteiger partial charge in [0, 0.05) is 57.3 Å². The minimum Gasteiger partial charge on any atom is -0.368 e. The van der Waals surface area contributed by atoms with Crippen molar-refractivity contribution in [3.8, 4) is 0 Å². The van der Waals surface area contributed by atoms with Crippen LogP contribution in [0.25, 0.3) is 0 Å². The van der Waals surface area contributed by atoms with Crippen LogP contribution in [0.2, 0.25) is 0 Å². The van der Waals surface area contributed by atoms with Crippen molar-refractivity contribution in [1.29, 1.82) is 0 Å². The van der Waals surface area contributed by atoms with Crippen LogP contribution in [0, 0.1) is 5.92 Å². The number of piperazine rings is 1. The maximum atomic E-state index is 12.9. The minimum atomic E-state index is -4.36. The van der Waals surface area contributed by atoms with E-state index in [1.165, 1.54) is 6.07 Å². The lowest BCUT2D eigenvalue weighted by Crippen LogP contribution is -2.52. The van der Waals surface area contributed by atoms with Gasteiger partial charge < -0.3 is 14.7 Å². The van der Waals surface area contributed by atoms with Crippen LogP contribution in [0.5, 0.6) is 0 Å². The summed E-state index contributed by atoms with van der Waals surface area (Å²) < 4.78 is 38.7. The fraction of sp³-hybridized carbons (Fsp3) is 0.600. The molecule has 0 aliphatic carbocycles. The first-order valence-electron chi connectivity index (χ1n) is 9.78.